The van der Waals surface area contributed by atoms with Crippen LogP contribution >= 0.6 is 0 Å². The van der Waals surface area contributed by atoms with Crippen molar-refractivity contribution in [2.45, 2.75) is 18.4 Å². The second kappa shape index (κ2) is 6.01. The van der Waals surface area contributed by atoms with Gasteiger partial charge in [0.15, 0.2) is 0 Å². The lowest BCUT2D eigenvalue weighted by molar-refractivity contribution is 0.0624. The molecule has 0 atom stereocenters. The molecule has 2 aliphatic rings. The van der Waals surface area contributed by atoms with Gasteiger partial charge in [-0.1, -0.05) is 18.2 Å². The van der Waals surface area contributed by atoms with Gasteiger partial charge in [0.2, 0.25) is 0 Å². The summed E-state index contributed by atoms with van der Waals surface area (Å²) >= 11 is 0. The lowest BCUT2D eigenvalue weighted by Gasteiger charge is -2.42. The number of pyridine rings is 1. The number of fused-ring (bicyclic) bond motifs is 2. The van der Waals surface area contributed by atoms with E-state index in [0.717, 1.165) is 53.7 Å². The Morgan fingerprint density at radius 2 is 1.97 bits per heavy atom. The molecule has 7 heteroatoms. The number of piperazine rings is 1. The van der Waals surface area contributed by atoms with Gasteiger partial charge in [0.05, 0.1) is 22.0 Å². The number of rotatable bonds is 2. The van der Waals surface area contributed by atoms with E-state index in [1.54, 1.807) is 12.5 Å². The summed E-state index contributed by atoms with van der Waals surface area (Å²) in [6.45, 7) is 2.24. The minimum absolute atomic E-state index is 0.0786. The molecule has 1 N–H and O–H groups in total. The van der Waals surface area contributed by atoms with Crippen LogP contribution in [0, 0.1) is 0 Å². The molecule has 3 aromatic heterocycles. The number of anilines is 1. The van der Waals surface area contributed by atoms with E-state index in [4.69, 9.17) is 0 Å². The Morgan fingerprint density at radius 3 is 2.86 bits per heavy atom. The van der Waals surface area contributed by atoms with Crippen molar-refractivity contribution in [3.63, 3.8) is 0 Å². The number of aromatic amines is 1. The molecule has 4 aromatic rings. The number of nitrogens with zero attached hydrogens (tertiary/aromatic N) is 5. The smallest absolute Gasteiger partial charge is 0.256 e. The number of nitrogens with one attached hydrogen (secondary N) is 1. The van der Waals surface area contributed by atoms with Gasteiger partial charge in [-0.2, -0.15) is 0 Å². The van der Waals surface area contributed by atoms with E-state index in [9.17, 15) is 4.79 Å². The van der Waals surface area contributed by atoms with E-state index in [2.05, 4.69) is 29.7 Å². The summed E-state index contributed by atoms with van der Waals surface area (Å²) in [5, 5.41) is 2.03. The minimum Gasteiger partial charge on any atom is -0.352 e. The molecule has 1 amide bonds. The molecular formula is C22H20N6O. The largest absolute Gasteiger partial charge is 0.352 e. The number of carbonyl (C=O) groups is 1. The normalized spacial score (nSPS) is 17.9. The van der Waals surface area contributed by atoms with Gasteiger partial charge in [-0.3, -0.25) is 9.78 Å². The summed E-state index contributed by atoms with van der Waals surface area (Å²) in [6, 6.07) is 11.9. The third-order valence-corrected chi connectivity index (χ3v) is 6.19. The first-order valence-electron chi connectivity index (χ1n) is 9.93. The van der Waals surface area contributed by atoms with Crippen LogP contribution in [0.25, 0.3) is 21.9 Å². The van der Waals surface area contributed by atoms with E-state index in [1.807, 2.05) is 42.6 Å². The predicted molar refractivity (Wildman–Crippen MR) is 111 cm³/mol. The van der Waals surface area contributed by atoms with Gasteiger partial charge >= 0.3 is 0 Å². The van der Waals surface area contributed by atoms with Crippen LogP contribution in [-0.2, 0) is 0 Å². The first-order chi connectivity index (χ1) is 14.2. The number of H-pyrrole nitrogens is 1. The summed E-state index contributed by atoms with van der Waals surface area (Å²) in [6.07, 6.45) is 7.25. The number of hydrogen-bond donors (Lipinski definition) is 1. The third kappa shape index (κ3) is 2.57. The van der Waals surface area contributed by atoms with Gasteiger partial charge in [-0.25, -0.2) is 9.97 Å². The summed E-state index contributed by atoms with van der Waals surface area (Å²) in [4.78, 5) is 34.2. The summed E-state index contributed by atoms with van der Waals surface area (Å²) < 4.78 is 0. The summed E-state index contributed by atoms with van der Waals surface area (Å²) in [7, 11) is 0. The molecule has 0 bridgehead atoms. The standard InChI is InChI=1S/C22H20N6O/c29-21(16-11-15-3-1-2-4-18(15)24-12-16)28-10-9-27(13-22(28)6-7-22)20-17-5-8-23-19(17)25-14-26-20/h1-5,8,11-12,14H,6-7,9-10,13H2,(H,23,25,26). The van der Waals surface area contributed by atoms with Crippen molar-refractivity contribution in [3.8, 4) is 0 Å². The van der Waals surface area contributed by atoms with Crippen molar-refractivity contribution in [2.75, 3.05) is 24.5 Å². The first-order valence-corrected chi connectivity index (χ1v) is 9.93. The van der Waals surface area contributed by atoms with Crippen LogP contribution in [-0.4, -0.2) is 55.9 Å². The van der Waals surface area contributed by atoms with Gasteiger partial charge in [0.1, 0.15) is 17.8 Å². The average molecular weight is 384 g/mol. The topological polar surface area (TPSA) is 78.0 Å². The summed E-state index contributed by atoms with van der Waals surface area (Å²) in [5.74, 6) is 1.02. The van der Waals surface area contributed by atoms with Crippen LogP contribution in [0.2, 0.25) is 0 Å². The highest BCUT2D eigenvalue weighted by Crippen LogP contribution is 2.46. The fraction of sp³-hybridized carbons (Fsp3) is 0.273. The average Bonchev–Trinajstić information content (AvgIpc) is 3.34. The number of amides is 1. The van der Waals surface area contributed by atoms with E-state index in [1.165, 1.54) is 0 Å². The van der Waals surface area contributed by atoms with E-state index in [0.29, 0.717) is 12.1 Å². The van der Waals surface area contributed by atoms with Crippen molar-refractivity contribution in [3.05, 3.63) is 60.7 Å². The van der Waals surface area contributed by atoms with Gasteiger partial charge in [-0.05, 0) is 31.0 Å². The molecule has 4 heterocycles. The molecule has 7 nitrogen and oxygen atoms in total. The van der Waals surface area contributed by atoms with Crippen LogP contribution in [0.15, 0.2) is 55.1 Å². The molecule has 0 unspecified atom stereocenters. The Labute approximate surface area is 167 Å². The maximum atomic E-state index is 13.4. The maximum Gasteiger partial charge on any atom is 0.256 e. The molecule has 1 aliphatic heterocycles. The molecule has 1 saturated carbocycles. The molecule has 0 radical (unpaired) electrons. The fourth-order valence-corrected chi connectivity index (χ4v) is 4.50. The maximum absolute atomic E-state index is 13.4. The Kier molecular flexibility index (Phi) is 3.41. The molecule has 2 fully saturated rings. The molecule has 144 valence electrons. The van der Waals surface area contributed by atoms with Crippen molar-refractivity contribution in [1.82, 2.24) is 24.8 Å². The lowest BCUT2D eigenvalue weighted by Crippen LogP contribution is -2.57. The SMILES string of the molecule is O=C(c1cnc2ccccc2c1)N1CCN(c2ncnc3[nH]ccc23)CC12CC2. The molecule has 1 saturated heterocycles. The highest BCUT2D eigenvalue weighted by molar-refractivity contribution is 5.98. The van der Waals surface area contributed by atoms with Crippen molar-refractivity contribution in [2.24, 2.45) is 0 Å². The number of para-hydroxylation sites is 1. The highest BCUT2D eigenvalue weighted by Gasteiger charge is 2.53. The summed E-state index contributed by atoms with van der Waals surface area (Å²) in [5.41, 5.74) is 2.32. The second-order valence-corrected chi connectivity index (χ2v) is 7.96. The van der Waals surface area contributed by atoms with E-state index < -0.39 is 0 Å². The monoisotopic (exact) mass is 384 g/mol. The Hall–Kier alpha value is -3.48. The Balaban J connectivity index is 1.29. The van der Waals surface area contributed by atoms with Crippen molar-refractivity contribution < 1.29 is 4.79 Å². The molecule has 29 heavy (non-hydrogen) atoms. The number of hydrogen-bond acceptors (Lipinski definition) is 5. The molecule has 1 spiro atoms. The van der Waals surface area contributed by atoms with Gasteiger partial charge < -0.3 is 14.8 Å². The molecule has 1 aliphatic carbocycles. The van der Waals surface area contributed by atoms with Crippen molar-refractivity contribution in [1.29, 1.82) is 0 Å². The number of aromatic nitrogens is 4. The zero-order chi connectivity index (χ0) is 19.4. The van der Waals surface area contributed by atoms with Crippen molar-refractivity contribution >= 4 is 33.7 Å². The fourth-order valence-electron chi connectivity index (χ4n) is 4.50. The predicted octanol–water partition coefficient (Wildman–Crippen LogP) is 3.00. The third-order valence-electron chi connectivity index (χ3n) is 6.19. The van der Waals surface area contributed by atoms with Crippen LogP contribution < -0.4 is 4.90 Å². The van der Waals surface area contributed by atoms with Gasteiger partial charge in [0.25, 0.3) is 5.91 Å². The highest BCUT2D eigenvalue weighted by atomic mass is 16.2. The molecule has 6 rings (SSSR count). The zero-order valence-corrected chi connectivity index (χ0v) is 15.9. The zero-order valence-electron chi connectivity index (χ0n) is 15.9. The Morgan fingerprint density at radius 1 is 1.07 bits per heavy atom. The Bertz CT molecular complexity index is 1240. The van der Waals surface area contributed by atoms with Gasteiger partial charge in [0, 0.05) is 37.4 Å². The second-order valence-electron chi connectivity index (χ2n) is 7.96. The van der Waals surface area contributed by atoms with Crippen LogP contribution in [0.5, 0.6) is 0 Å². The quantitative estimate of drug-likeness (QED) is 0.575. The first kappa shape index (κ1) is 16.5. The van der Waals surface area contributed by atoms with Crippen LogP contribution in [0.3, 0.4) is 0 Å². The number of benzene rings is 1. The van der Waals surface area contributed by atoms with E-state index in [-0.39, 0.29) is 11.4 Å². The van der Waals surface area contributed by atoms with Gasteiger partial charge in [-0.15, -0.1) is 0 Å². The molecular weight excluding hydrogens is 364 g/mol. The minimum atomic E-state index is -0.103. The van der Waals surface area contributed by atoms with Crippen LogP contribution in [0.1, 0.15) is 23.2 Å². The number of carbonyl (C=O) groups excluding carboxylic acids is 1. The van der Waals surface area contributed by atoms with Crippen LogP contribution in [0.4, 0.5) is 5.82 Å². The lowest BCUT2D eigenvalue weighted by atomic mass is 10.1. The molecule has 1 aromatic carbocycles. The van der Waals surface area contributed by atoms with E-state index >= 15 is 0 Å².